The molecule has 5 heterocycles. The number of amides is 2. The molecular weight excluding hydrogens is 630 g/mol. The summed E-state index contributed by atoms with van der Waals surface area (Å²) in [6, 6.07) is 11.7. The Labute approximate surface area is 281 Å². The molecule has 254 valence electrons. The number of nitrogens with one attached hydrogen (secondary N) is 3. The van der Waals surface area contributed by atoms with Crippen LogP contribution < -0.4 is 20.7 Å². The molecule has 3 aliphatic heterocycles. The lowest BCUT2D eigenvalue weighted by atomic mass is 9.72. The van der Waals surface area contributed by atoms with Crippen LogP contribution in [0.2, 0.25) is 0 Å². The van der Waals surface area contributed by atoms with Gasteiger partial charge in [0.1, 0.15) is 35.1 Å². The van der Waals surface area contributed by atoms with E-state index in [1.54, 1.807) is 0 Å². The molecule has 0 radical (unpaired) electrons. The summed E-state index contributed by atoms with van der Waals surface area (Å²) in [5.74, 6) is -0.711. The zero-order valence-electron chi connectivity index (χ0n) is 27.4. The molecule has 2 aromatic heterocycles. The van der Waals surface area contributed by atoms with E-state index in [1.807, 2.05) is 56.3 Å². The number of fused-ring (bicyclic) bond motifs is 4. The average molecular weight is 668 g/mol. The number of para-hydroxylation sites is 1. The third kappa shape index (κ3) is 4.81. The summed E-state index contributed by atoms with van der Waals surface area (Å²) in [5, 5.41) is 20.7. The van der Waals surface area contributed by atoms with Gasteiger partial charge in [0.05, 0.1) is 7.11 Å². The van der Waals surface area contributed by atoms with E-state index in [9.17, 15) is 19.5 Å². The number of rotatable bonds is 5. The van der Waals surface area contributed by atoms with Crippen molar-refractivity contribution >= 4 is 23.5 Å². The zero-order valence-corrected chi connectivity index (χ0v) is 27.4. The van der Waals surface area contributed by atoms with E-state index in [0.29, 0.717) is 24.4 Å². The number of methoxy groups -OCH3 is 1. The maximum atomic E-state index is 14.1. The van der Waals surface area contributed by atoms with E-state index < -0.39 is 47.1 Å². The molecule has 2 aromatic carbocycles. The van der Waals surface area contributed by atoms with Gasteiger partial charge in [-0.15, -0.1) is 0 Å². The summed E-state index contributed by atoms with van der Waals surface area (Å²) in [7, 11) is 1.26. The number of carbonyl (C=O) groups is 3. The molecule has 4 aliphatic rings. The predicted octanol–water partition coefficient (Wildman–Crippen LogP) is 4.14. The Balaban J connectivity index is 1.33. The minimum atomic E-state index is -1.53. The number of benzene rings is 2. The fourth-order valence-electron chi connectivity index (χ4n) is 7.68. The molecule has 1 aliphatic carbocycles. The first-order chi connectivity index (χ1) is 23.6. The molecule has 13 nitrogen and oxygen atoms in total. The number of hydrogen-bond donors (Lipinski definition) is 4. The summed E-state index contributed by atoms with van der Waals surface area (Å²) < 4.78 is 24.1. The fourth-order valence-corrected chi connectivity index (χ4v) is 7.68. The molecule has 49 heavy (non-hydrogen) atoms. The van der Waals surface area contributed by atoms with E-state index in [-0.39, 0.29) is 35.5 Å². The Kier molecular flexibility index (Phi) is 7.28. The quantitative estimate of drug-likeness (QED) is 0.225. The summed E-state index contributed by atoms with van der Waals surface area (Å²) >= 11 is 0. The fraction of sp³-hybridized carbons (Fsp3) is 0.417. The summed E-state index contributed by atoms with van der Waals surface area (Å²) in [5.41, 5.74) is 0.787. The predicted molar refractivity (Wildman–Crippen MR) is 174 cm³/mol. The standard InChI is InChI=1S/C36H37N5O8/c1-18(2)26-31-41-27(30-37-24(17-47-30)32(43)46-3)28(49-31)36-20-9-5-6-10-22(20)39-34(36)48-25-12-11-19(15-21(25)36)16-23(29(42)40-26)38-33(44)35(45)13-7-4-8-14-35/h5-6,9-12,15,17-18,23,26,34,39,45H,4,7-8,13-14,16H2,1-3H3,(H,38,44)(H,40,42)/t23-,26-,34?,36-/m0/s1. The van der Waals surface area contributed by atoms with E-state index in [2.05, 4.69) is 20.9 Å². The van der Waals surface area contributed by atoms with Crippen molar-refractivity contribution in [3.63, 3.8) is 0 Å². The molecule has 13 heteroatoms. The molecule has 1 fully saturated rings. The number of carbonyl (C=O) groups excluding carboxylic acids is 3. The van der Waals surface area contributed by atoms with Gasteiger partial charge < -0.3 is 39.4 Å². The highest BCUT2D eigenvalue weighted by molar-refractivity contribution is 5.92. The van der Waals surface area contributed by atoms with Crippen LogP contribution in [0.5, 0.6) is 5.75 Å². The molecule has 1 saturated carbocycles. The summed E-state index contributed by atoms with van der Waals surface area (Å²) in [4.78, 5) is 49.5. The van der Waals surface area contributed by atoms with Crippen LogP contribution in [0, 0.1) is 5.92 Å². The first kappa shape index (κ1) is 31.1. The Morgan fingerprint density at radius 3 is 2.63 bits per heavy atom. The maximum Gasteiger partial charge on any atom is 0.360 e. The van der Waals surface area contributed by atoms with E-state index in [0.717, 1.165) is 41.6 Å². The van der Waals surface area contributed by atoms with Crippen molar-refractivity contribution in [1.82, 2.24) is 20.6 Å². The number of hydrogen-bond acceptors (Lipinski definition) is 11. The molecule has 1 spiro atoms. The minimum Gasteiger partial charge on any atom is -0.469 e. The van der Waals surface area contributed by atoms with Gasteiger partial charge in [-0.25, -0.2) is 14.8 Å². The van der Waals surface area contributed by atoms with Crippen LogP contribution in [0.15, 0.2) is 57.6 Å². The Hall–Kier alpha value is -5.17. The second kappa shape index (κ2) is 11.5. The number of aromatic nitrogens is 2. The topological polar surface area (TPSA) is 178 Å². The first-order valence-corrected chi connectivity index (χ1v) is 16.7. The largest absolute Gasteiger partial charge is 0.469 e. The van der Waals surface area contributed by atoms with Crippen molar-refractivity contribution in [2.45, 2.75) is 81.7 Å². The number of anilines is 1. The number of nitrogens with zero attached hydrogens (tertiary/aromatic N) is 2. The van der Waals surface area contributed by atoms with E-state index in [4.69, 9.17) is 23.3 Å². The molecule has 2 amide bonds. The molecule has 4 bridgehead atoms. The van der Waals surface area contributed by atoms with Crippen molar-refractivity contribution in [1.29, 1.82) is 0 Å². The highest BCUT2D eigenvalue weighted by Gasteiger charge is 2.61. The SMILES string of the molecule is COC(=O)c1coc(-c2nc3oc2[C@@]24c5ccccc5NC2Oc2ccc(cc24)C[C@H](NC(=O)C2(O)CCCCC2)C(=O)N[C@H]3C(C)C)n1. The van der Waals surface area contributed by atoms with Crippen molar-refractivity contribution in [2.24, 2.45) is 5.92 Å². The van der Waals surface area contributed by atoms with E-state index in [1.165, 1.54) is 13.4 Å². The minimum absolute atomic E-state index is 0.0297. The third-order valence-corrected chi connectivity index (χ3v) is 10.2. The molecule has 1 unspecified atom stereocenters. The Morgan fingerprint density at radius 2 is 1.86 bits per heavy atom. The molecule has 4 N–H and O–H groups in total. The molecule has 4 aromatic rings. The number of oxazole rings is 2. The van der Waals surface area contributed by atoms with Gasteiger partial charge in [0.25, 0.3) is 5.91 Å². The lowest BCUT2D eigenvalue weighted by Crippen LogP contribution is -2.56. The highest BCUT2D eigenvalue weighted by Crippen LogP contribution is 2.59. The van der Waals surface area contributed by atoms with Crippen molar-refractivity contribution in [2.75, 3.05) is 12.4 Å². The van der Waals surface area contributed by atoms with Crippen LogP contribution >= 0.6 is 0 Å². The highest BCUT2D eigenvalue weighted by atomic mass is 16.5. The smallest absolute Gasteiger partial charge is 0.360 e. The van der Waals surface area contributed by atoms with Crippen LogP contribution in [-0.2, 0) is 26.2 Å². The van der Waals surface area contributed by atoms with E-state index >= 15 is 0 Å². The molecule has 8 rings (SSSR count). The van der Waals surface area contributed by atoms with Crippen LogP contribution in [-0.4, -0.2) is 57.8 Å². The van der Waals surface area contributed by atoms with Gasteiger partial charge in [0, 0.05) is 17.7 Å². The second-order valence-corrected chi connectivity index (χ2v) is 13.6. The number of esters is 1. The van der Waals surface area contributed by atoms with Crippen LogP contribution in [0.1, 0.15) is 90.8 Å². The van der Waals surface area contributed by atoms with Crippen molar-refractivity contribution in [3.05, 3.63) is 82.8 Å². The maximum absolute atomic E-state index is 14.1. The van der Waals surface area contributed by atoms with Crippen LogP contribution in [0.25, 0.3) is 11.6 Å². The van der Waals surface area contributed by atoms with Gasteiger partial charge in [0.15, 0.2) is 23.4 Å². The lowest BCUT2D eigenvalue weighted by Gasteiger charge is -2.33. The lowest BCUT2D eigenvalue weighted by molar-refractivity contribution is -0.145. The third-order valence-electron chi connectivity index (χ3n) is 10.2. The molecule has 4 atom stereocenters. The van der Waals surface area contributed by atoms with Gasteiger partial charge in [-0.2, -0.15) is 0 Å². The van der Waals surface area contributed by atoms with Gasteiger partial charge >= 0.3 is 5.97 Å². The Bertz CT molecular complexity index is 1980. The van der Waals surface area contributed by atoms with Gasteiger partial charge in [0.2, 0.25) is 17.7 Å². The molecule has 0 saturated heterocycles. The normalized spacial score (nSPS) is 24.8. The van der Waals surface area contributed by atoms with Crippen LogP contribution in [0.3, 0.4) is 0 Å². The monoisotopic (exact) mass is 667 g/mol. The molecular formula is C36H37N5O8. The Morgan fingerprint density at radius 1 is 1.06 bits per heavy atom. The van der Waals surface area contributed by atoms with Gasteiger partial charge in [-0.3, -0.25) is 9.59 Å². The van der Waals surface area contributed by atoms with Gasteiger partial charge in [-0.1, -0.05) is 63.4 Å². The van der Waals surface area contributed by atoms with Crippen molar-refractivity contribution in [3.8, 4) is 17.3 Å². The van der Waals surface area contributed by atoms with Crippen molar-refractivity contribution < 1.29 is 37.8 Å². The second-order valence-electron chi connectivity index (χ2n) is 13.6. The zero-order chi connectivity index (χ0) is 34.1. The number of aliphatic hydroxyl groups is 1. The average Bonchev–Trinajstić information content (AvgIpc) is 3.87. The first-order valence-electron chi connectivity index (χ1n) is 16.7. The number of ether oxygens (including phenoxy) is 2. The van der Waals surface area contributed by atoms with Crippen LogP contribution in [0.4, 0.5) is 5.69 Å². The van der Waals surface area contributed by atoms with Gasteiger partial charge in [-0.05, 0) is 42.0 Å². The summed E-state index contributed by atoms with van der Waals surface area (Å²) in [6.07, 6.45) is 3.81. The summed E-state index contributed by atoms with van der Waals surface area (Å²) in [6.45, 7) is 3.85.